The second kappa shape index (κ2) is 2.14. The lowest BCUT2D eigenvalue weighted by Crippen LogP contribution is -2.24. The minimum absolute atomic E-state index is 0.276. The molecule has 0 aromatic carbocycles. The SMILES string of the molecule is CC1=CCOCC1(C)C. The van der Waals surface area contributed by atoms with E-state index in [1.807, 2.05) is 0 Å². The lowest BCUT2D eigenvalue weighted by atomic mass is 9.85. The van der Waals surface area contributed by atoms with Gasteiger partial charge in [-0.05, 0) is 6.92 Å². The molecule has 0 unspecified atom stereocenters. The number of hydrogen-bond donors (Lipinski definition) is 0. The molecule has 0 saturated heterocycles. The molecule has 0 N–H and O–H groups in total. The normalized spacial score (nSPS) is 25.4. The quantitative estimate of drug-likeness (QED) is 0.451. The summed E-state index contributed by atoms with van der Waals surface area (Å²) in [4.78, 5) is 0. The summed E-state index contributed by atoms with van der Waals surface area (Å²) < 4.78 is 5.28. The zero-order valence-corrected chi connectivity index (χ0v) is 6.40. The van der Waals surface area contributed by atoms with E-state index < -0.39 is 0 Å². The van der Waals surface area contributed by atoms with Crippen molar-refractivity contribution in [2.75, 3.05) is 13.2 Å². The van der Waals surface area contributed by atoms with Gasteiger partial charge < -0.3 is 4.74 Å². The van der Waals surface area contributed by atoms with Gasteiger partial charge in [-0.2, -0.15) is 0 Å². The lowest BCUT2D eigenvalue weighted by molar-refractivity contribution is 0.0833. The average Bonchev–Trinajstić information content (AvgIpc) is 1.77. The third kappa shape index (κ3) is 1.33. The van der Waals surface area contributed by atoms with Gasteiger partial charge in [0.1, 0.15) is 0 Å². The fourth-order valence-corrected chi connectivity index (χ4v) is 0.888. The predicted molar refractivity (Wildman–Crippen MR) is 38.4 cm³/mol. The van der Waals surface area contributed by atoms with Crippen LogP contribution in [0, 0.1) is 5.41 Å². The van der Waals surface area contributed by atoms with Gasteiger partial charge in [0, 0.05) is 5.41 Å². The second-order valence-corrected chi connectivity index (χ2v) is 3.29. The van der Waals surface area contributed by atoms with E-state index in [2.05, 4.69) is 26.8 Å². The van der Waals surface area contributed by atoms with Crippen molar-refractivity contribution in [3.63, 3.8) is 0 Å². The number of hydrogen-bond acceptors (Lipinski definition) is 1. The van der Waals surface area contributed by atoms with E-state index in [0.29, 0.717) is 0 Å². The van der Waals surface area contributed by atoms with E-state index in [-0.39, 0.29) is 5.41 Å². The summed E-state index contributed by atoms with van der Waals surface area (Å²) in [6, 6.07) is 0. The molecule has 0 aromatic rings. The second-order valence-electron chi connectivity index (χ2n) is 3.29. The van der Waals surface area contributed by atoms with Gasteiger partial charge in [-0.15, -0.1) is 0 Å². The zero-order valence-electron chi connectivity index (χ0n) is 6.40. The van der Waals surface area contributed by atoms with E-state index in [0.717, 1.165) is 13.2 Å². The molecule has 0 spiro atoms. The van der Waals surface area contributed by atoms with E-state index in [9.17, 15) is 0 Å². The summed E-state index contributed by atoms with van der Waals surface area (Å²) >= 11 is 0. The maximum absolute atomic E-state index is 5.28. The molecule has 0 amide bonds. The van der Waals surface area contributed by atoms with Gasteiger partial charge in [0.2, 0.25) is 0 Å². The molecule has 0 aromatic heterocycles. The van der Waals surface area contributed by atoms with Crippen LogP contribution in [0.2, 0.25) is 0 Å². The van der Waals surface area contributed by atoms with Crippen LogP contribution in [-0.4, -0.2) is 13.2 Å². The fourth-order valence-electron chi connectivity index (χ4n) is 0.888. The smallest absolute Gasteiger partial charge is 0.0650 e. The van der Waals surface area contributed by atoms with Crippen molar-refractivity contribution in [2.45, 2.75) is 20.8 Å². The van der Waals surface area contributed by atoms with Crippen LogP contribution in [0.4, 0.5) is 0 Å². The lowest BCUT2D eigenvalue weighted by Gasteiger charge is -2.29. The maximum atomic E-state index is 5.28. The van der Waals surface area contributed by atoms with Gasteiger partial charge in [-0.3, -0.25) is 0 Å². The van der Waals surface area contributed by atoms with Crippen molar-refractivity contribution in [2.24, 2.45) is 5.41 Å². The molecular weight excluding hydrogens is 112 g/mol. The van der Waals surface area contributed by atoms with E-state index in [4.69, 9.17) is 4.74 Å². The highest BCUT2D eigenvalue weighted by Crippen LogP contribution is 2.28. The van der Waals surface area contributed by atoms with Crippen LogP contribution in [0.25, 0.3) is 0 Å². The van der Waals surface area contributed by atoms with E-state index >= 15 is 0 Å². The topological polar surface area (TPSA) is 9.23 Å². The molecule has 0 atom stereocenters. The van der Waals surface area contributed by atoms with Crippen LogP contribution in [0.1, 0.15) is 20.8 Å². The summed E-state index contributed by atoms with van der Waals surface area (Å²) in [5.41, 5.74) is 1.73. The first-order valence-electron chi connectivity index (χ1n) is 3.38. The van der Waals surface area contributed by atoms with Gasteiger partial charge in [0.15, 0.2) is 0 Å². The Morgan fingerprint density at radius 1 is 1.56 bits per heavy atom. The van der Waals surface area contributed by atoms with Crippen LogP contribution in [0.3, 0.4) is 0 Å². The minimum Gasteiger partial charge on any atom is -0.376 e. The van der Waals surface area contributed by atoms with Crippen molar-refractivity contribution in [3.05, 3.63) is 11.6 Å². The first kappa shape index (κ1) is 6.81. The van der Waals surface area contributed by atoms with Gasteiger partial charge in [0.05, 0.1) is 13.2 Å². The van der Waals surface area contributed by atoms with Crippen LogP contribution in [0.5, 0.6) is 0 Å². The number of ether oxygens (including phenoxy) is 1. The molecule has 1 nitrogen and oxygen atoms in total. The van der Waals surface area contributed by atoms with Crippen LogP contribution < -0.4 is 0 Å². The predicted octanol–water partition coefficient (Wildman–Crippen LogP) is 1.99. The van der Waals surface area contributed by atoms with Gasteiger partial charge >= 0.3 is 0 Å². The van der Waals surface area contributed by atoms with Crippen molar-refractivity contribution in [1.82, 2.24) is 0 Å². The molecule has 9 heavy (non-hydrogen) atoms. The molecule has 1 heteroatoms. The Morgan fingerprint density at radius 3 is 2.56 bits per heavy atom. The third-order valence-electron chi connectivity index (χ3n) is 2.04. The molecule has 1 heterocycles. The molecule has 52 valence electrons. The van der Waals surface area contributed by atoms with Crippen LogP contribution >= 0.6 is 0 Å². The number of rotatable bonds is 0. The molecule has 0 saturated carbocycles. The highest BCUT2D eigenvalue weighted by atomic mass is 16.5. The van der Waals surface area contributed by atoms with E-state index in [1.165, 1.54) is 5.57 Å². The summed E-state index contributed by atoms with van der Waals surface area (Å²) in [6.07, 6.45) is 2.16. The summed E-state index contributed by atoms with van der Waals surface area (Å²) in [5, 5.41) is 0. The highest BCUT2D eigenvalue weighted by molar-refractivity contribution is 5.11. The molecule has 1 aliphatic heterocycles. The zero-order chi connectivity index (χ0) is 6.91. The Morgan fingerprint density at radius 2 is 2.22 bits per heavy atom. The van der Waals surface area contributed by atoms with E-state index in [1.54, 1.807) is 0 Å². The Balaban J connectivity index is 2.73. The van der Waals surface area contributed by atoms with Crippen LogP contribution in [-0.2, 0) is 4.74 Å². The molecule has 0 radical (unpaired) electrons. The summed E-state index contributed by atoms with van der Waals surface area (Å²) in [5.74, 6) is 0. The molecule has 0 bridgehead atoms. The monoisotopic (exact) mass is 126 g/mol. The molecule has 0 fully saturated rings. The van der Waals surface area contributed by atoms with Crippen molar-refractivity contribution < 1.29 is 4.74 Å². The van der Waals surface area contributed by atoms with Crippen LogP contribution in [0.15, 0.2) is 11.6 Å². The first-order chi connectivity index (χ1) is 4.13. The summed E-state index contributed by atoms with van der Waals surface area (Å²) in [6.45, 7) is 8.25. The Kier molecular flexibility index (Phi) is 1.62. The highest BCUT2D eigenvalue weighted by Gasteiger charge is 2.22. The minimum atomic E-state index is 0.276. The van der Waals surface area contributed by atoms with Crippen molar-refractivity contribution in [3.8, 4) is 0 Å². The molecule has 1 aliphatic rings. The largest absolute Gasteiger partial charge is 0.376 e. The van der Waals surface area contributed by atoms with Gasteiger partial charge in [0.25, 0.3) is 0 Å². The van der Waals surface area contributed by atoms with Crippen molar-refractivity contribution >= 4 is 0 Å². The Labute approximate surface area is 56.7 Å². The fraction of sp³-hybridized carbons (Fsp3) is 0.750. The average molecular weight is 126 g/mol. The summed E-state index contributed by atoms with van der Waals surface area (Å²) in [7, 11) is 0. The maximum Gasteiger partial charge on any atom is 0.0650 e. The Bertz CT molecular complexity index is 134. The first-order valence-corrected chi connectivity index (χ1v) is 3.38. The third-order valence-corrected chi connectivity index (χ3v) is 2.04. The van der Waals surface area contributed by atoms with Crippen molar-refractivity contribution in [1.29, 1.82) is 0 Å². The Hall–Kier alpha value is -0.300. The standard InChI is InChI=1S/C8H14O/c1-7-4-5-9-6-8(7,2)3/h4H,5-6H2,1-3H3. The molecular formula is C8H14O. The molecule has 1 rings (SSSR count). The van der Waals surface area contributed by atoms with Gasteiger partial charge in [-0.25, -0.2) is 0 Å². The molecule has 0 aliphatic carbocycles. The van der Waals surface area contributed by atoms with Gasteiger partial charge in [-0.1, -0.05) is 25.5 Å².